The Morgan fingerprint density at radius 3 is 2.58 bits per heavy atom. The van der Waals surface area contributed by atoms with Gasteiger partial charge in [0.15, 0.2) is 17.5 Å². The Morgan fingerprint density at radius 2 is 1.90 bits per heavy atom. The van der Waals surface area contributed by atoms with Crippen molar-refractivity contribution in [1.29, 1.82) is 0 Å². The van der Waals surface area contributed by atoms with Gasteiger partial charge < -0.3 is 20.7 Å². The van der Waals surface area contributed by atoms with Gasteiger partial charge in [-0.25, -0.2) is 4.39 Å². The zero-order valence-electron chi connectivity index (χ0n) is 18.2. The van der Waals surface area contributed by atoms with Crippen molar-refractivity contribution in [3.8, 4) is 5.75 Å². The Hall–Kier alpha value is -3.09. The third-order valence-corrected chi connectivity index (χ3v) is 5.17. The van der Waals surface area contributed by atoms with E-state index < -0.39 is 0 Å². The summed E-state index contributed by atoms with van der Waals surface area (Å²) in [6.45, 7) is 3.74. The maximum atomic E-state index is 14.3. The molecule has 3 rings (SSSR count). The number of hydrogen-bond acceptors (Lipinski definition) is 3. The number of rotatable bonds is 10. The Labute approximate surface area is 183 Å². The minimum Gasteiger partial charge on any atom is -0.490 e. The largest absolute Gasteiger partial charge is 0.490 e. The number of nitrogens with one attached hydrogen (secondary N) is 3. The second kappa shape index (κ2) is 11.3. The summed E-state index contributed by atoms with van der Waals surface area (Å²) in [5.74, 6) is 1.09. The van der Waals surface area contributed by atoms with Crippen LogP contribution in [0.2, 0.25) is 0 Å². The molecule has 1 aliphatic rings. The summed E-state index contributed by atoms with van der Waals surface area (Å²) in [5.41, 5.74) is 1.47. The van der Waals surface area contributed by atoms with Gasteiger partial charge in [-0.3, -0.25) is 9.79 Å². The van der Waals surface area contributed by atoms with E-state index in [9.17, 15) is 9.18 Å². The summed E-state index contributed by atoms with van der Waals surface area (Å²) < 4.78 is 19.9. The summed E-state index contributed by atoms with van der Waals surface area (Å²) >= 11 is 0. The highest BCUT2D eigenvalue weighted by atomic mass is 19.1. The molecular weight excluding hydrogens is 395 g/mol. The van der Waals surface area contributed by atoms with Crippen LogP contribution in [0.3, 0.4) is 0 Å². The highest BCUT2D eigenvalue weighted by molar-refractivity contribution is 5.94. The molecule has 31 heavy (non-hydrogen) atoms. The molecule has 1 amide bonds. The smallest absolute Gasteiger partial charge is 0.251 e. The van der Waals surface area contributed by atoms with E-state index in [2.05, 4.69) is 20.9 Å². The maximum absolute atomic E-state index is 14.3. The van der Waals surface area contributed by atoms with Crippen molar-refractivity contribution in [3.05, 3.63) is 65.5 Å². The Bertz CT molecular complexity index is 884. The van der Waals surface area contributed by atoms with Gasteiger partial charge >= 0.3 is 0 Å². The van der Waals surface area contributed by atoms with Gasteiger partial charge in [0.25, 0.3) is 5.91 Å². The zero-order valence-corrected chi connectivity index (χ0v) is 18.2. The summed E-state index contributed by atoms with van der Waals surface area (Å²) in [4.78, 5) is 16.2. The van der Waals surface area contributed by atoms with E-state index in [1.54, 1.807) is 25.2 Å². The molecule has 0 aromatic heterocycles. The Kier molecular flexibility index (Phi) is 8.27. The Balaban J connectivity index is 1.38. The van der Waals surface area contributed by atoms with Gasteiger partial charge in [-0.2, -0.15) is 0 Å². The fourth-order valence-electron chi connectivity index (χ4n) is 3.07. The fraction of sp³-hybridized carbons (Fsp3) is 0.417. The molecule has 2 aromatic carbocycles. The number of carbonyl (C=O) groups is 1. The first-order valence-electron chi connectivity index (χ1n) is 10.8. The normalized spacial score (nSPS) is 14.6. The predicted octanol–water partition coefficient (Wildman–Crippen LogP) is 3.66. The van der Waals surface area contributed by atoms with Crippen molar-refractivity contribution in [2.45, 2.75) is 32.2 Å². The fourth-order valence-corrected chi connectivity index (χ4v) is 3.07. The predicted molar refractivity (Wildman–Crippen MR) is 121 cm³/mol. The third kappa shape index (κ3) is 7.27. The summed E-state index contributed by atoms with van der Waals surface area (Å²) in [6, 6.07) is 14.1. The van der Waals surface area contributed by atoms with E-state index in [1.165, 1.54) is 18.9 Å². The SMILES string of the molecule is CN=C(NCCCNC(=O)c1ccccc1)NC(C)c1ccc(OCC2CC2)c(F)c1. The third-order valence-electron chi connectivity index (χ3n) is 5.17. The molecular formula is C24H31FN4O2. The van der Waals surface area contributed by atoms with Crippen molar-refractivity contribution in [3.63, 3.8) is 0 Å². The van der Waals surface area contributed by atoms with Crippen molar-refractivity contribution in [2.24, 2.45) is 10.9 Å². The number of guanidine groups is 1. The number of nitrogens with zero attached hydrogens (tertiary/aromatic N) is 1. The lowest BCUT2D eigenvalue weighted by molar-refractivity contribution is 0.0953. The minimum absolute atomic E-state index is 0.0803. The van der Waals surface area contributed by atoms with Crippen LogP contribution >= 0.6 is 0 Å². The molecule has 6 nitrogen and oxygen atoms in total. The first-order valence-corrected chi connectivity index (χ1v) is 10.8. The van der Waals surface area contributed by atoms with E-state index >= 15 is 0 Å². The van der Waals surface area contributed by atoms with Crippen molar-refractivity contribution in [2.75, 3.05) is 26.7 Å². The molecule has 0 heterocycles. The molecule has 2 aromatic rings. The number of carbonyl (C=O) groups excluding carboxylic acids is 1. The van der Waals surface area contributed by atoms with Crippen LogP contribution < -0.4 is 20.7 Å². The van der Waals surface area contributed by atoms with Crippen LogP contribution in [0.1, 0.15) is 48.1 Å². The van der Waals surface area contributed by atoms with E-state index in [-0.39, 0.29) is 17.8 Å². The van der Waals surface area contributed by atoms with Crippen LogP contribution in [-0.2, 0) is 0 Å². The zero-order chi connectivity index (χ0) is 22.1. The summed E-state index contributed by atoms with van der Waals surface area (Å²) in [5, 5.41) is 9.38. The standard InChI is InChI=1S/C24H31FN4O2/c1-17(20-11-12-22(21(25)15-20)31-16-18-9-10-18)29-24(26-2)28-14-6-13-27-23(30)19-7-4-3-5-8-19/h3-5,7-8,11-12,15,17-18H,6,9-10,13-14,16H2,1-2H3,(H,27,30)(H2,26,28,29). The van der Waals surface area contributed by atoms with E-state index in [4.69, 9.17) is 4.74 Å². The van der Waals surface area contributed by atoms with Gasteiger partial charge in [0.2, 0.25) is 0 Å². The molecule has 1 fully saturated rings. The first-order chi connectivity index (χ1) is 15.1. The van der Waals surface area contributed by atoms with Crippen LogP contribution in [0.4, 0.5) is 4.39 Å². The lowest BCUT2D eigenvalue weighted by atomic mass is 10.1. The molecule has 1 saturated carbocycles. The molecule has 7 heteroatoms. The van der Waals surface area contributed by atoms with Crippen LogP contribution in [0.15, 0.2) is 53.5 Å². The van der Waals surface area contributed by atoms with Crippen molar-refractivity contribution in [1.82, 2.24) is 16.0 Å². The van der Waals surface area contributed by atoms with Crippen molar-refractivity contribution >= 4 is 11.9 Å². The van der Waals surface area contributed by atoms with Gasteiger partial charge in [-0.1, -0.05) is 24.3 Å². The molecule has 166 valence electrons. The number of ether oxygens (including phenoxy) is 1. The molecule has 0 spiro atoms. The number of benzene rings is 2. The molecule has 0 radical (unpaired) electrons. The van der Waals surface area contributed by atoms with Gasteiger partial charge in [-0.15, -0.1) is 0 Å². The van der Waals surface area contributed by atoms with Gasteiger partial charge in [-0.05, 0) is 61.9 Å². The second-order valence-corrected chi connectivity index (χ2v) is 7.78. The molecule has 1 atom stereocenters. The highest BCUT2D eigenvalue weighted by Gasteiger charge is 2.22. The molecule has 0 aliphatic heterocycles. The molecule has 1 unspecified atom stereocenters. The van der Waals surface area contributed by atoms with Crippen molar-refractivity contribution < 1.29 is 13.9 Å². The van der Waals surface area contributed by atoms with Crippen LogP contribution in [0.25, 0.3) is 0 Å². The first kappa shape index (κ1) is 22.6. The lowest BCUT2D eigenvalue weighted by Crippen LogP contribution is -2.40. The molecule has 0 saturated heterocycles. The quantitative estimate of drug-likeness (QED) is 0.308. The van der Waals surface area contributed by atoms with E-state index in [0.717, 1.165) is 12.0 Å². The van der Waals surface area contributed by atoms with Gasteiger partial charge in [0, 0.05) is 25.7 Å². The molecule has 0 bridgehead atoms. The van der Waals surface area contributed by atoms with Gasteiger partial charge in [0.1, 0.15) is 0 Å². The monoisotopic (exact) mass is 426 g/mol. The molecule has 1 aliphatic carbocycles. The van der Waals surface area contributed by atoms with E-state index in [1.807, 2.05) is 31.2 Å². The average molecular weight is 427 g/mol. The second-order valence-electron chi connectivity index (χ2n) is 7.78. The lowest BCUT2D eigenvalue weighted by Gasteiger charge is -2.19. The summed E-state index contributed by atoms with van der Waals surface area (Å²) in [7, 11) is 1.69. The number of halogens is 1. The topological polar surface area (TPSA) is 74.8 Å². The minimum atomic E-state index is -0.344. The highest BCUT2D eigenvalue weighted by Crippen LogP contribution is 2.30. The number of amides is 1. The van der Waals surface area contributed by atoms with E-state index in [0.29, 0.717) is 42.9 Å². The van der Waals surface area contributed by atoms with Crippen LogP contribution in [0.5, 0.6) is 5.75 Å². The molecule has 3 N–H and O–H groups in total. The Morgan fingerprint density at radius 1 is 1.16 bits per heavy atom. The average Bonchev–Trinajstić information content (AvgIpc) is 3.62. The maximum Gasteiger partial charge on any atom is 0.251 e. The number of hydrogen-bond donors (Lipinski definition) is 3. The van der Waals surface area contributed by atoms with Crippen LogP contribution in [0, 0.1) is 11.7 Å². The number of aliphatic imine (C=N–C) groups is 1. The summed E-state index contributed by atoms with van der Waals surface area (Å²) in [6.07, 6.45) is 3.09. The van der Waals surface area contributed by atoms with Gasteiger partial charge in [0.05, 0.1) is 12.6 Å². The van der Waals surface area contributed by atoms with Crippen LogP contribution in [-0.4, -0.2) is 38.6 Å².